The predicted molar refractivity (Wildman–Crippen MR) is 105 cm³/mol. The van der Waals surface area contributed by atoms with Gasteiger partial charge in [0, 0.05) is 24.3 Å². The molecule has 0 bridgehead atoms. The van der Waals surface area contributed by atoms with Gasteiger partial charge in [-0.25, -0.2) is 8.42 Å². The van der Waals surface area contributed by atoms with Gasteiger partial charge >= 0.3 is 0 Å². The minimum atomic E-state index is -3.64. The first-order valence-electron chi connectivity index (χ1n) is 8.96. The molecule has 28 heavy (non-hydrogen) atoms. The van der Waals surface area contributed by atoms with Crippen molar-refractivity contribution in [3.8, 4) is 0 Å². The van der Waals surface area contributed by atoms with Crippen molar-refractivity contribution in [1.82, 2.24) is 4.31 Å². The monoisotopic (exact) mass is 403 g/mol. The summed E-state index contributed by atoms with van der Waals surface area (Å²) in [4.78, 5) is 23.4. The number of aryl methyl sites for hydroxylation is 1. The Morgan fingerprint density at radius 3 is 2.46 bits per heavy atom. The van der Waals surface area contributed by atoms with Crippen molar-refractivity contribution in [3.63, 3.8) is 0 Å². The first-order chi connectivity index (χ1) is 13.3. The van der Waals surface area contributed by atoms with Crippen LogP contribution in [0, 0.1) is 17.0 Å². The number of benzene rings is 2. The molecule has 148 valence electrons. The van der Waals surface area contributed by atoms with Crippen LogP contribution in [0.3, 0.4) is 0 Å². The summed E-state index contributed by atoms with van der Waals surface area (Å²) in [5.41, 5.74) is 0.296. The zero-order chi connectivity index (χ0) is 20.3. The van der Waals surface area contributed by atoms with Gasteiger partial charge in [0.05, 0.1) is 9.82 Å². The van der Waals surface area contributed by atoms with E-state index in [1.807, 2.05) is 0 Å². The van der Waals surface area contributed by atoms with Crippen LogP contribution >= 0.6 is 0 Å². The number of rotatable bonds is 5. The van der Waals surface area contributed by atoms with Crippen LogP contribution in [0.2, 0.25) is 0 Å². The van der Waals surface area contributed by atoms with Gasteiger partial charge in [-0.1, -0.05) is 24.6 Å². The molecule has 1 aliphatic heterocycles. The minimum Gasteiger partial charge on any atom is -0.322 e. The topological polar surface area (TPSA) is 110 Å². The number of hydrogen-bond acceptors (Lipinski definition) is 5. The second kappa shape index (κ2) is 8.07. The number of carbonyl (C=O) groups excluding carboxylic acids is 1. The van der Waals surface area contributed by atoms with Crippen LogP contribution in [-0.2, 0) is 10.0 Å². The Labute approximate surface area is 163 Å². The third kappa shape index (κ3) is 4.05. The maximum absolute atomic E-state index is 12.8. The Balaban J connectivity index is 1.87. The number of nitro benzene ring substituents is 1. The summed E-state index contributed by atoms with van der Waals surface area (Å²) >= 11 is 0. The molecule has 1 N–H and O–H groups in total. The van der Waals surface area contributed by atoms with Crippen molar-refractivity contribution in [2.45, 2.75) is 31.1 Å². The first kappa shape index (κ1) is 20.0. The highest BCUT2D eigenvalue weighted by molar-refractivity contribution is 7.89. The molecule has 1 aliphatic rings. The Morgan fingerprint density at radius 1 is 1.11 bits per heavy atom. The van der Waals surface area contributed by atoms with E-state index in [2.05, 4.69) is 5.32 Å². The van der Waals surface area contributed by atoms with E-state index in [-0.39, 0.29) is 21.8 Å². The highest BCUT2D eigenvalue weighted by Crippen LogP contribution is 2.26. The molecule has 0 atom stereocenters. The Hall–Kier alpha value is -2.78. The van der Waals surface area contributed by atoms with Crippen LogP contribution in [-0.4, -0.2) is 36.6 Å². The number of para-hydroxylation sites is 1. The summed E-state index contributed by atoms with van der Waals surface area (Å²) in [6.45, 7) is 2.52. The van der Waals surface area contributed by atoms with Crippen molar-refractivity contribution >= 4 is 27.3 Å². The number of hydrogen-bond donors (Lipinski definition) is 1. The van der Waals surface area contributed by atoms with Gasteiger partial charge in [-0.05, 0) is 44.0 Å². The molecule has 0 aromatic heterocycles. The van der Waals surface area contributed by atoms with Crippen LogP contribution in [0.5, 0.6) is 0 Å². The molecule has 8 nitrogen and oxygen atoms in total. The molecule has 3 rings (SSSR count). The average Bonchev–Trinajstić information content (AvgIpc) is 2.68. The van der Waals surface area contributed by atoms with Gasteiger partial charge in [0.25, 0.3) is 11.6 Å². The van der Waals surface area contributed by atoms with Crippen molar-refractivity contribution in [2.24, 2.45) is 0 Å². The number of nitro groups is 1. The van der Waals surface area contributed by atoms with E-state index in [0.717, 1.165) is 19.3 Å². The van der Waals surface area contributed by atoms with Crippen LogP contribution < -0.4 is 5.32 Å². The maximum atomic E-state index is 12.8. The fraction of sp³-hybridized carbons (Fsp3) is 0.316. The molecule has 0 saturated carbocycles. The van der Waals surface area contributed by atoms with E-state index in [1.54, 1.807) is 25.1 Å². The van der Waals surface area contributed by atoms with Crippen LogP contribution in [0.4, 0.5) is 11.4 Å². The van der Waals surface area contributed by atoms with Crippen molar-refractivity contribution in [3.05, 3.63) is 63.7 Å². The molecule has 1 saturated heterocycles. The molecular weight excluding hydrogens is 382 g/mol. The zero-order valence-corrected chi connectivity index (χ0v) is 16.2. The number of carbonyl (C=O) groups is 1. The van der Waals surface area contributed by atoms with E-state index < -0.39 is 20.9 Å². The largest absolute Gasteiger partial charge is 0.322 e. The van der Waals surface area contributed by atoms with Crippen molar-refractivity contribution < 1.29 is 18.1 Å². The fourth-order valence-corrected chi connectivity index (χ4v) is 4.84. The Kier molecular flexibility index (Phi) is 5.76. The summed E-state index contributed by atoms with van der Waals surface area (Å²) in [7, 11) is -3.64. The van der Waals surface area contributed by atoms with Gasteiger partial charge in [-0.3, -0.25) is 14.9 Å². The molecule has 0 unspecified atom stereocenters. The van der Waals surface area contributed by atoms with Gasteiger partial charge in [0.15, 0.2) is 0 Å². The summed E-state index contributed by atoms with van der Waals surface area (Å²) in [6, 6.07) is 10.4. The first-order valence-corrected chi connectivity index (χ1v) is 10.4. The molecule has 0 radical (unpaired) electrons. The predicted octanol–water partition coefficient (Wildman–Crippen LogP) is 3.33. The highest BCUT2D eigenvalue weighted by atomic mass is 32.2. The fourth-order valence-electron chi connectivity index (χ4n) is 3.27. The highest BCUT2D eigenvalue weighted by Gasteiger charge is 2.27. The lowest BCUT2D eigenvalue weighted by Crippen LogP contribution is -2.35. The molecule has 0 spiro atoms. The van der Waals surface area contributed by atoms with Gasteiger partial charge in [0.1, 0.15) is 5.56 Å². The quantitative estimate of drug-likeness (QED) is 0.608. The smallest absolute Gasteiger partial charge is 0.285 e. The zero-order valence-electron chi connectivity index (χ0n) is 15.4. The van der Waals surface area contributed by atoms with Crippen molar-refractivity contribution in [2.75, 3.05) is 18.4 Å². The number of nitrogens with one attached hydrogen (secondary N) is 1. The second-order valence-corrected chi connectivity index (χ2v) is 8.61. The van der Waals surface area contributed by atoms with Crippen LogP contribution in [0.25, 0.3) is 0 Å². The molecule has 1 amide bonds. The molecule has 2 aromatic carbocycles. The standard InChI is InChI=1S/C19H21N3O5S/c1-14-7-5-10-17(18(14)22(24)25)19(23)20-15-8-6-9-16(13-15)28(26,27)21-11-3-2-4-12-21/h5-10,13H,2-4,11-12H2,1H3,(H,20,23). The Bertz CT molecular complexity index is 1010. The molecule has 9 heteroatoms. The number of amides is 1. The lowest BCUT2D eigenvalue weighted by Gasteiger charge is -2.26. The van der Waals surface area contributed by atoms with E-state index in [4.69, 9.17) is 0 Å². The molecule has 1 heterocycles. The van der Waals surface area contributed by atoms with Gasteiger partial charge in [-0.15, -0.1) is 0 Å². The van der Waals surface area contributed by atoms with Gasteiger partial charge < -0.3 is 5.32 Å². The number of anilines is 1. The van der Waals surface area contributed by atoms with Gasteiger partial charge in [0.2, 0.25) is 10.0 Å². The lowest BCUT2D eigenvalue weighted by atomic mass is 10.1. The summed E-state index contributed by atoms with van der Waals surface area (Å²) in [5, 5.41) is 13.9. The number of nitrogens with zero attached hydrogens (tertiary/aromatic N) is 2. The third-order valence-electron chi connectivity index (χ3n) is 4.71. The van der Waals surface area contributed by atoms with Crippen LogP contribution in [0.15, 0.2) is 47.4 Å². The molecular formula is C19H21N3O5S. The number of sulfonamides is 1. The maximum Gasteiger partial charge on any atom is 0.285 e. The molecule has 0 aliphatic carbocycles. The average molecular weight is 403 g/mol. The minimum absolute atomic E-state index is 0.0747. The summed E-state index contributed by atoms with van der Waals surface area (Å²) in [6.07, 6.45) is 2.66. The van der Waals surface area contributed by atoms with Gasteiger partial charge in [-0.2, -0.15) is 4.31 Å². The number of piperidine rings is 1. The van der Waals surface area contributed by atoms with E-state index in [0.29, 0.717) is 18.7 Å². The SMILES string of the molecule is Cc1cccc(C(=O)Nc2cccc(S(=O)(=O)N3CCCCC3)c2)c1[N+](=O)[O-]. The molecule has 1 fully saturated rings. The van der Waals surface area contributed by atoms with E-state index >= 15 is 0 Å². The normalized spacial score (nSPS) is 15.2. The molecule has 2 aromatic rings. The lowest BCUT2D eigenvalue weighted by molar-refractivity contribution is -0.385. The van der Waals surface area contributed by atoms with Crippen molar-refractivity contribution in [1.29, 1.82) is 0 Å². The third-order valence-corrected chi connectivity index (χ3v) is 6.60. The second-order valence-electron chi connectivity index (χ2n) is 6.67. The van der Waals surface area contributed by atoms with E-state index in [9.17, 15) is 23.3 Å². The Morgan fingerprint density at radius 2 is 1.79 bits per heavy atom. The summed E-state index contributed by atoms with van der Waals surface area (Å²) < 4.78 is 27.1. The summed E-state index contributed by atoms with van der Waals surface area (Å²) in [5.74, 6) is -0.664. The van der Waals surface area contributed by atoms with E-state index in [1.165, 1.54) is 28.6 Å². The van der Waals surface area contributed by atoms with Crippen LogP contribution in [0.1, 0.15) is 35.2 Å².